The molecule has 0 unspecified atom stereocenters. The molecule has 0 saturated carbocycles. The van der Waals surface area contributed by atoms with Crippen molar-refractivity contribution in [2.45, 2.75) is 25.3 Å². The van der Waals surface area contributed by atoms with Crippen LogP contribution in [-0.4, -0.2) is 37.0 Å². The Hall–Kier alpha value is -1.20. The number of carbonyl (C=O) groups excluding carboxylic acids is 1. The second-order valence-corrected chi connectivity index (χ2v) is 6.11. The summed E-state index contributed by atoms with van der Waals surface area (Å²) in [4.78, 5) is 14.3. The molecule has 1 aliphatic rings. The first-order chi connectivity index (χ1) is 9.70. The Morgan fingerprint density at radius 2 is 2.20 bits per heavy atom. The Morgan fingerprint density at radius 3 is 2.90 bits per heavy atom. The van der Waals surface area contributed by atoms with Crippen molar-refractivity contribution in [3.05, 3.63) is 24.3 Å². The van der Waals surface area contributed by atoms with Gasteiger partial charge in [0.2, 0.25) is 5.91 Å². The smallest absolute Gasteiger partial charge is 0.241 e. The molecule has 0 radical (unpaired) electrons. The molecule has 5 heteroatoms. The molecule has 1 saturated heterocycles. The zero-order chi connectivity index (χ0) is 14.4. The van der Waals surface area contributed by atoms with E-state index in [9.17, 15) is 4.79 Å². The molecule has 0 aromatic heterocycles. The maximum Gasteiger partial charge on any atom is 0.241 e. The summed E-state index contributed by atoms with van der Waals surface area (Å²) >= 11 is 1.71. The number of anilines is 2. The van der Waals surface area contributed by atoms with Gasteiger partial charge in [-0.15, -0.1) is 0 Å². The van der Waals surface area contributed by atoms with Gasteiger partial charge in [0.1, 0.15) is 0 Å². The van der Waals surface area contributed by atoms with Crippen LogP contribution in [0.5, 0.6) is 0 Å². The minimum Gasteiger partial charge on any atom is -0.371 e. The van der Waals surface area contributed by atoms with Crippen LogP contribution >= 0.6 is 11.8 Å². The Morgan fingerprint density at radius 1 is 1.45 bits per heavy atom. The normalized spacial score (nSPS) is 16.2. The minimum absolute atomic E-state index is 0.0994. The van der Waals surface area contributed by atoms with E-state index in [4.69, 9.17) is 5.73 Å². The van der Waals surface area contributed by atoms with Gasteiger partial charge in [0.25, 0.3) is 0 Å². The third kappa shape index (κ3) is 4.15. The number of carbonyl (C=O) groups is 1. The van der Waals surface area contributed by atoms with Gasteiger partial charge in [-0.3, -0.25) is 4.79 Å². The van der Waals surface area contributed by atoms with Gasteiger partial charge in [-0.25, -0.2) is 0 Å². The molecular weight excluding hydrogens is 270 g/mol. The van der Waals surface area contributed by atoms with Gasteiger partial charge >= 0.3 is 0 Å². The Labute approximate surface area is 125 Å². The van der Waals surface area contributed by atoms with E-state index in [1.54, 1.807) is 11.8 Å². The number of rotatable bonds is 6. The molecule has 1 heterocycles. The Bertz CT molecular complexity index is 446. The van der Waals surface area contributed by atoms with Crippen molar-refractivity contribution in [3.63, 3.8) is 0 Å². The van der Waals surface area contributed by atoms with Crippen LogP contribution in [0.25, 0.3) is 0 Å². The van der Waals surface area contributed by atoms with E-state index in [0.29, 0.717) is 6.42 Å². The van der Waals surface area contributed by atoms with Crippen LogP contribution in [0.15, 0.2) is 24.3 Å². The first kappa shape index (κ1) is 15.2. The van der Waals surface area contributed by atoms with Crippen molar-refractivity contribution in [1.82, 2.24) is 0 Å². The van der Waals surface area contributed by atoms with Crippen molar-refractivity contribution in [2.24, 2.45) is 5.73 Å². The van der Waals surface area contributed by atoms with E-state index >= 15 is 0 Å². The Kier molecular flexibility index (Phi) is 5.73. The molecular formula is C15H23N3OS. The van der Waals surface area contributed by atoms with E-state index in [0.717, 1.165) is 24.5 Å². The molecule has 1 fully saturated rings. The average Bonchev–Trinajstić information content (AvgIpc) is 2.99. The van der Waals surface area contributed by atoms with E-state index in [-0.39, 0.29) is 5.91 Å². The minimum atomic E-state index is -0.433. The molecule has 1 aromatic carbocycles. The van der Waals surface area contributed by atoms with Gasteiger partial charge in [0.15, 0.2) is 0 Å². The highest BCUT2D eigenvalue weighted by atomic mass is 32.2. The molecule has 2 rings (SSSR count). The van der Waals surface area contributed by atoms with Gasteiger partial charge in [-0.2, -0.15) is 11.8 Å². The lowest BCUT2D eigenvalue weighted by molar-refractivity contribution is -0.117. The number of thioether (sulfide) groups is 1. The fraction of sp³-hybridized carbons (Fsp3) is 0.533. The predicted molar refractivity (Wildman–Crippen MR) is 87.5 cm³/mol. The summed E-state index contributed by atoms with van der Waals surface area (Å²) in [5, 5.41) is 2.91. The number of amides is 1. The highest BCUT2D eigenvalue weighted by Crippen LogP contribution is 2.23. The van der Waals surface area contributed by atoms with Crippen LogP contribution in [0.2, 0.25) is 0 Å². The summed E-state index contributed by atoms with van der Waals surface area (Å²) in [6, 6.07) is 7.59. The van der Waals surface area contributed by atoms with Crippen LogP contribution in [-0.2, 0) is 4.79 Å². The SMILES string of the molecule is CSCC[C@H](N)C(=O)Nc1cccc(N2CCCC2)c1. The fourth-order valence-electron chi connectivity index (χ4n) is 2.37. The van der Waals surface area contributed by atoms with Gasteiger partial charge in [-0.05, 0) is 49.5 Å². The molecule has 0 bridgehead atoms. The van der Waals surface area contributed by atoms with E-state index in [2.05, 4.69) is 16.3 Å². The molecule has 1 aromatic rings. The van der Waals surface area contributed by atoms with E-state index < -0.39 is 6.04 Å². The number of nitrogens with two attached hydrogens (primary N) is 1. The van der Waals surface area contributed by atoms with E-state index in [1.165, 1.54) is 18.5 Å². The molecule has 1 amide bonds. The highest BCUT2D eigenvalue weighted by Gasteiger charge is 2.15. The zero-order valence-electron chi connectivity index (χ0n) is 12.0. The lowest BCUT2D eigenvalue weighted by atomic mass is 10.2. The monoisotopic (exact) mass is 293 g/mol. The van der Waals surface area contributed by atoms with Crippen LogP contribution in [0.1, 0.15) is 19.3 Å². The molecule has 0 spiro atoms. The number of nitrogens with one attached hydrogen (secondary N) is 1. The largest absolute Gasteiger partial charge is 0.371 e. The topological polar surface area (TPSA) is 58.4 Å². The summed E-state index contributed by atoms with van der Waals surface area (Å²) in [6.07, 6.45) is 5.22. The second-order valence-electron chi connectivity index (χ2n) is 5.12. The molecule has 1 atom stereocenters. The summed E-state index contributed by atoms with van der Waals surface area (Å²) in [6.45, 7) is 2.20. The zero-order valence-corrected chi connectivity index (χ0v) is 12.8. The van der Waals surface area contributed by atoms with Crippen molar-refractivity contribution in [1.29, 1.82) is 0 Å². The summed E-state index contributed by atoms with van der Waals surface area (Å²) in [5.41, 5.74) is 7.89. The lowest BCUT2D eigenvalue weighted by Crippen LogP contribution is -2.36. The molecule has 20 heavy (non-hydrogen) atoms. The van der Waals surface area contributed by atoms with Crippen LogP contribution in [0.4, 0.5) is 11.4 Å². The van der Waals surface area contributed by atoms with Crippen LogP contribution < -0.4 is 16.0 Å². The molecule has 0 aliphatic carbocycles. The molecule has 1 aliphatic heterocycles. The van der Waals surface area contributed by atoms with Crippen LogP contribution in [0.3, 0.4) is 0 Å². The summed E-state index contributed by atoms with van der Waals surface area (Å²) in [5.74, 6) is 0.806. The predicted octanol–water partition coefficient (Wildman–Crippen LogP) is 2.31. The standard InChI is InChI=1S/C15H23N3OS/c1-20-10-7-14(16)15(19)17-12-5-4-6-13(11-12)18-8-2-3-9-18/h4-6,11,14H,2-3,7-10,16H2,1H3,(H,17,19)/t14-/m0/s1. The van der Waals surface area contributed by atoms with Gasteiger partial charge in [0.05, 0.1) is 6.04 Å². The van der Waals surface area contributed by atoms with Crippen molar-refractivity contribution in [3.8, 4) is 0 Å². The third-order valence-corrected chi connectivity index (χ3v) is 4.20. The number of hydrogen-bond donors (Lipinski definition) is 2. The maximum atomic E-state index is 12.0. The van der Waals surface area contributed by atoms with E-state index in [1.807, 2.05) is 24.5 Å². The molecule has 3 N–H and O–H groups in total. The molecule has 4 nitrogen and oxygen atoms in total. The number of nitrogens with zero attached hydrogens (tertiary/aromatic N) is 1. The summed E-state index contributed by atoms with van der Waals surface area (Å²) < 4.78 is 0. The van der Waals surface area contributed by atoms with Crippen LogP contribution in [0, 0.1) is 0 Å². The van der Waals surface area contributed by atoms with Crippen molar-refractivity contribution in [2.75, 3.05) is 35.3 Å². The molecule has 110 valence electrons. The summed E-state index contributed by atoms with van der Waals surface area (Å²) in [7, 11) is 0. The van der Waals surface area contributed by atoms with Gasteiger partial charge in [0, 0.05) is 24.5 Å². The van der Waals surface area contributed by atoms with Gasteiger partial charge in [-0.1, -0.05) is 6.07 Å². The maximum absolute atomic E-state index is 12.0. The Balaban J connectivity index is 1.95. The quantitative estimate of drug-likeness (QED) is 0.845. The lowest BCUT2D eigenvalue weighted by Gasteiger charge is -2.19. The highest BCUT2D eigenvalue weighted by molar-refractivity contribution is 7.98. The second kappa shape index (κ2) is 7.55. The van der Waals surface area contributed by atoms with Crippen molar-refractivity contribution >= 4 is 29.0 Å². The van der Waals surface area contributed by atoms with Crippen molar-refractivity contribution < 1.29 is 4.79 Å². The third-order valence-electron chi connectivity index (χ3n) is 3.55. The number of benzene rings is 1. The van der Waals surface area contributed by atoms with Gasteiger partial charge < -0.3 is 16.0 Å². The fourth-order valence-corrected chi connectivity index (χ4v) is 2.86. The first-order valence-electron chi connectivity index (χ1n) is 7.11. The average molecular weight is 293 g/mol. The number of hydrogen-bond acceptors (Lipinski definition) is 4. The first-order valence-corrected chi connectivity index (χ1v) is 8.50.